The number of benzene rings is 1. The molecule has 6 nitrogen and oxygen atoms in total. The van der Waals surface area contributed by atoms with E-state index in [2.05, 4.69) is 6.58 Å². The molecule has 2 aromatic rings. The molecule has 0 saturated carbocycles. The van der Waals surface area contributed by atoms with Gasteiger partial charge in [-0.25, -0.2) is 4.79 Å². The molecule has 0 radical (unpaired) electrons. The molecule has 1 N–H and O–H groups in total. The molecule has 0 atom stereocenters. The van der Waals surface area contributed by atoms with Gasteiger partial charge in [0.2, 0.25) is 5.43 Å². The van der Waals surface area contributed by atoms with Crippen LogP contribution in [-0.2, 0) is 22.4 Å². The number of esters is 1. The Morgan fingerprint density at radius 3 is 2.85 bits per heavy atom. The number of ether oxygens (including phenoxy) is 2. The number of aliphatic hydroxyl groups excluding tert-OH is 1. The Hall–Kier alpha value is -2.44. The van der Waals surface area contributed by atoms with Crippen LogP contribution in [0.4, 0.5) is 0 Å². The maximum atomic E-state index is 12.8. The Morgan fingerprint density at radius 2 is 2.15 bits per heavy atom. The van der Waals surface area contributed by atoms with E-state index in [4.69, 9.17) is 14.6 Å². The first kappa shape index (κ1) is 19.9. The number of hydrogen-bond donors (Lipinski definition) is 1. The van der Waals surface area contributed by atoms with Crippen LogP contribution in [0.3, 0.4) is 0 Å². The third-order valence-electron chi connectivity index (χ3n) is 4.03. The summed E-state index contributed by atoms with van der Waals surface area (Å²) >= 11 is 0. The summed E-state index contributed by atoms with van der Waals surface area (Å²) in [5.41, 5.74) is 1.50. The summed E-state index contributed by atoms with van der Waals surface area (Å²) in [5.74, 6) is -0.637. The average molecular weight is 359 g/mol. The third-order valence-corrected chi connectivity index (χ3v) is 4.03. The zero-order chi connectivity index (χ0) is 18.9. The fourth-order valence-electron chi connectivity index (χ4n) is 2.76. The van der Waals surface area contributed by atoms with E-state index in [-0.39, 0.29) is 24.2 Å². The van der Waals surface area contributed by atoms with E-state index < -0.39 is 5.97 Å². The van der Waals surface area contributed by atoms with E-state index in [0.717, 1.165) is 23.9 Å². The topological polar surface area (TPSA) is 77.8 Å². The molecule has 0 aliphatic carbocycles. The molecule has 26 heavy (non-hydrogen) atoms. The van der Waals surface area contributed by atoms with Gasteiger partial charge in [-0.1, -0.05) is 18.7 Å². The van der Waals surface area contributed by atoms with Crippen molar-refractivity contribution >= 4 is 16.9 Å². The minimum Gasteiger partial charge on any atom is -0.458 e. The molecular weight excluding hydrogens is 334 g/mol. The highest BCUT2D eigenvalue weighted by Gasteiger charge is 2.16. The van der Waals surface area contributed by atoms with E-state index in [9.17, 15) is 9.59 Å². The molecule has 0 aliphatic heterocycles. The summed E-state index contributed by atoms with van der Waals surface area (Å²) in [4.78, 5) is 24.9. The summed E-state index contributed by atoms with van der Waals surface area (Å²) in [6.07, 6.45) is 4.55. The van der Waals surface area contributed by atoms with Gasteiger partial charge in [0.1, 0.15) is 12.2 Å². The van der Waals surface area contributed by atoms with E-state index in [1.54, 1.807) is 6.20 Å². The van der Waals surface area contributed by atoms with Crippen LogP contribution in [0.15, 0.2) is 41.8 Å². The molecule has 6 heteroatoms. The molecule has 1 heterocycles. The van der Waals surface area contributed by atoms with Crippen molar-refractivity contribution in [2.75, 3.05) is 26.4 Å². The summed E-state index contributed by atoms with van der Waals surface area (Å²) < 4.78 is 12.2. The van der Waals surface area contributed by atoms with E-state index in [0.29, 0.717) is 25.1 Å². The molecule has 0 saturated heterocycles. The van der Waals surface area contributed by atoms with Crippen LogP contribution in [0.25, 0.3) is 10.9 Å². The van der Waals surface area contributed by atoms with Gasteiger partial charge in [-0.05, 0) is 37.5 Å². The maximum absolute atomic E-state index is 12.8. The number of fused-ring (bicyclic) bond motifs is 1. The van der Waals surface area contributed by atoms with Gasteiger partial charge >= 0.3 is 5.97 Å². The number of pyridine rings is 1. The van der Waals surface area contributed by atoms with Gasteiger partial charge in [0, 0.05) is 24.7 Å². The quantitative estimate of drug-likeness (QED) is 0.400. The molecule has 0 bridgehead atoms. The lowest BCUT2D eigenvalue weighted by Gasteiger charge is -2.12. The Bertz CT molecular complexity index is 825. The predicted octanol–water partition coefficient (Wildman–Crippen LogP) is 2.31. The number of rotatable bonds is 10. The molecule has 140 valence electrons. The minimum atomic E-state index is -0.637. The zero-order valence-electron chi connectivity index (χ0n) is 15.1. The number of aliphatic hydroxyl groups is 1. The fraction of sp³-hybridized carbons (Fsp3) is 0.400. The summed E-state index contributed by atoms with van der Waals surface area (Å²) in [5, 5.41) is 9.21. The number of carbonyl (C=O) groups is 1. The summed E-state index contributed by atoms with van der Waals surface area (Å²) in [6, 6.07) is 5.72. The Morgan fingerprint density at radius 1 is 1.35 bits per heavy atom. The van der Waals surface area contributed by atoms with Crippen LogP contribution in [0.1, 0.15) is 29.3 Å². The highest BCUT2D eigenvalue weighted by molar-refractivity contribution is 5.94. The molecule has 0 unspecified atom stereocenters. The summed E-state index contributed by atoms with van der Waals surface area (Å²) in [7, 11) is 0. The Kier molecular flexibility index (Phi) is 7.56. The highest BCUT2D eigenvalue weighted by Crippen LogP contribution is 2.16. The van der Waals surface area contributed by atoms with Crippen molar-refractivity contribution < 1.29 is 19.4 Å². The first-order valence-corrected chi connectivity index (χ1v) is 8.75. The molecule has 0 aliphatic rings. The molecule has 0 fully saturated rings. The second-order valence-corrected chi connectivity index (χ2v) is 5.84. The van der Waals surface area contributed by atoms with Gasteiger partial charge in [-0.2, -0.15) is 0 Å². The van der Waals surface area contributed by atoms with Crippen LogP contribution < -0.4 is 5.43 Å². The monoisotopic (exact) mass is 359 g/mol. The van der Waals surface area contributed by atoms with Crippen LogP contribution >= 0.6 is 0 Å². The van der Waals surface area contributed by atoms with Gasteiger partial charge < -0.3 is 19.1 Å². The van der Waals surface area contributed by atoms with Crippen molar-refractivity contribution in [2.45, 2.75) is 26.3 Å². The number of aryl methyl sites for hydroxylation is 2. The molecule has 1 aromatic carbocycles. The number of carbonyl (C=O) groups excluding carboxylic acids is 1. The van der Waals surface area contributed by atoms with Crippen LogP contribution in [0, 0.1) is 0 Å². The van der Waals surface area contributed by atoms with E-state index in [1.807, 2.05) is 29.7 Å². The number of nitrogens with zero attached hydrogens (tertiary/aromatic N) is 1. The van der Waals surface area contributed by atoms with Crippen LogP contribution in [0.5, 0.6) is 0 Å². The number of hydrogen-bond acceptors (Lipinski definition) is 5. The van der Waals surface area contributed by atoms with Crippen molar-refractivity contribution in [3.05, 3.63) is 58.4 Å². The zero-order valence-corrected chi connectivity index (χ0v) is 15.1. The maximum Gasteiger partial charge on any atom is 0.343 e. The van der Waals surface area contributed by atoms with Gasteiger partial charge in [-0.3, -0.25) is 4.79 Å². The standard InChI is InChI=1S/C20H25NO5/c1-3-10-26-20(24)17-14-21(4-2)18-8-7-15(13-16(18)19(17)23)6-5-11-25-12-9-22/h3,7-8,13-14,22H,1,4-6,9-12H2,2H3. The van der Waals surface area contributed by atoms with Crippen molar-refractivity contribution in [3.8, 4) is 0 Å². The van der Waals surface area contributed by atoms with Crippen LogP contribution in [0.2, 0.25) is 0 Å². The van der Waals surface area contributed by atoms with Gasteiger partial charge in [0.05, 0.1) is 18.7 Å². The SMILES string of the molecule is C=CCOC(=O)c1cn(CC)c2ccc(CCCOCCO)cc2c1=O. The molecule has 0 amide bonds. The predicted molar refractivity (Wildman–Crippen MR) is 101 cm³/mol. The normalized spacial score (nSPS) is 10.8. The van der Waals surface area contributed by atoms with Gasteiger partial charge in [0.25, 0.3) is 0 Å². The smallest absolute Gasteiger partial charge is 0.343 e. The van der Waals surface area contributed by atoms with Crippen molar-refractivity contribution in [3.63, 3.8) is 0 Å². The summed E-state index contributed by atoms with van der Waals surface area (Å²) in [6.45, 7) is 7.04. The average Bonchev–Trinajstić information content (AvgIpc) is 2.66. The molecule has 1 aromatic heterocycles. The van der Waals surface area contributed by atoms with Crippen molar-refractivity contribution in [1.29, 1.82) is 0 Å². The minimum absolute atomic E-state index is 0.0112. The second-order valence-electron chi connectivity index (χ2n) is 5.84. The Balaban J connectivity index is 2.32. The largest absolute Gasteiger partial charge is 0.458 e. The lowest BCUT2D eigenvalue weighted by Crippen LogP contribution is -2.21. The Labute approximate surface area is 152 Å². The highest BCUT2D eigenvalue weighted by atomic mass is 16.5. The van der Waals surface area contributed by atoms with Gasteiger partial charge in [0.15, 0.2) is 0 Å². The lowest BCUT2D eigenvalue weighted by molar-refractivity contribution is 0.0547. The first-order valence-electron chi connectivity index (χ1n) is 8.75. The van der Waals surface area contributed by atoms with E-state index >= 15 is 0 Å². The van der Waals surface area contributed by atoms with Crippen molar-refractivity contribution in [1.82, 2.24) is 4.57 Å². The van der Waals surface area contributed by atoms with Crippen LogP contribution in [-0.4, -0.2) is 42.1 Å². The second kappa shape index (κ2) is 9.89. The van der Waals surface area contributed by atoms with Gasteiger partial charge in [-0.15, -0.1) is 0 Å². The molecule has 0 spiro atoms. The molecular formula is C20H25NO5. The fourth-order valence-corrected chi connectivity index (χ4v) is 2.76. The number of aromatic nitrogens is 1. The van der Waals surface area contributed by atoms with E-state index in [1.165, 1.54) is 6.08 Å². The lowest BCUT2D eigenvalue weighted by atomic mass is 10.0. The van der Waals surface area contributed by atoms with Crippen molar-refractivity contribution in [2.24, 2.45) is 0 Å². The molecule has 2 rings (SSSR count). The first-order chi connectivity index (χ1) is 12.6. The third kappa shape index (κ3) is 4.80.